The molecular formula is C18H17ClN4O3S. The smallest absolute Gasteiger partial charge is 0.259 e. The van der Waals surface area contributed by atoms with Crippen LogP contribution in [0.5, 0.6) is 5.75 Å². The number of H-pyrrole nitrogens is 1. The van der Waals surface area contributed by atoms with E-state index in [2.05, 4.69) is 20.5 Å². The Morgan fingerprint density at radius 1 is 1.41 bits per heavy atom. The van der Waals surface area contributed by atoms with Crippen molar-refractivity contribution in [2.24, 2.45) is 5.10 Å². The Kier molecular flexibility index (Phi) is 5.29. The van der Waals surface area contributed by atoms with Crippen LogP contribution in [0.15, 0.2) is 28.1 Å². The molecule has 3 aromatic rings. The molecule has 0 spiro atoms. The van der Waals surface area contributed by atoms with Crippen LogP contribution in [0, 0.1) is 13.8 Å². The van der Waals surface area contributed by atoms with Gasteiger partial charge in [0.15, 0.2) is 0 Å². The van der Waals surface area contributed by atoms with Crippen LogP contribution in [0.4, 0.5) is 0 Å². The first-order valence-corrected chi connectivity index (χ1v) is 9.26. The Labute approximate surface area is 163 Å². The van der Waals surface area contributed by atoms with Gasteiger partial charge in [-0.3, -0.25) is 9.59 Å². The number of carbonyl (C=O) groups is 1. The summed E-state index contributed by atoms with van der Waals surface area (Å²) in [6, 6.07) is 4.56. The third-order valence-corrected chi connectivity index (χ3v) is 5.45. The second kappa shape index (κ2) is 7.50. The van der Waals surface area contributed by atoms with Crippen LogP contribution in [0.25, 0.3) is 10.2 Å². The number of hydrogen-bond donors (Lipinski definition) is 3. The van der Waals surface area contributed by atoms with E-state index in [0.717, 1.165) is 10.4 Å². The lowest BCUT2D eigenvalue weighted by atomic mass is 10.1. The van der Waals surface area contributed by atoms with Crippen molar-refractivity contribution < 1.29 is 9.90 Å². The monoisotopic (exact) mass is 404 g/mol. The van der Waals surface area contributed by atoms with Gasteiger partial charge in [0.25, 0.3) is 5.56 Å². The highest BCUT2D eigenvalue weighted by atomic mass is 35.5. The van der Waals surface area contributed by atoms with E-state index in [1.807, 2.05) is 13.8 Å². The van der Waals surface area contributed by atoms with Crippen molar-refractivity contribution in [1.82, 2.24) is 15.4 Å². The largest absolute Gasteiger partial charge is 0.507 e. The number of aryl methyl sites for hydroxylation is 2. The van der Waals surface area contributed by atoms with Gasteiger partial charge in [-0.1, -0.05) is 11.6 Å². The normalized spacial score (nSPS) is 11.8. The number of phenolic OH excluding ortho intramolecular Hbond substituents is 1. The zero-order valence-electron chi connectivity index (χ0n) is 14.9. The molecule has 140 valence electrons. The van der Waals surface area contributed by atoms with Crippen molar-refractivity contribution in [3.63, 3.8) is 0 Å². The quantitative estimate of drug-likeness (QED) is 0.458. The van der Waals surface area contributed by atoms with Crippen molar-refractivity contribution >= 4 is 44.8 Å². The predicted octanol–water partition coefficient (Wildman–Crippen LogP) is 3.04. The zero-order chi connectivity index (χ0) is 19.7. The highest BCUT2D eigenvalue weighted by molar-refractivity contribution is 7.18. The SMILES string of the molecule is C/C(=N\NC(=O)Cc1nc2sc(C)c(C)c2c(=O)[nH]1)c1cc(Cl)ccc1O. The molecule has 0 atom stereocenters. The van der Waals surface area contributed by atoms with Gasteiger partial charge in [0.2, 0.25) is 5.91 Å². The number of rotatable bonds is 4. The van der Waals surface area contributed by atoms with E-state index >= 15 is 0 Å². The molecule has 27 heavy (non-hydrogen) atoms. The minimum atomic E-state index is -0.441. The maximum atomic E-state index is 12.2. The second-order valence-electron chi connectivity index (χ2n) is 6.05. The number of benzene rings is 1. The number of aromatic amines is 1. The maximum Gasteiger partial charge on any atom is 0.259 e. The summed E-state index contributed by atoms with van der Waals surface area (Å²) in [7, 11) is 0. The number of nitrogens with one attached hydrogen (secondary N) is 2. The van der Waals surface area contributed by atoms with Gasteiger partial charge in [-0.25, -0.2) is 10.4 Å². The van der Waals surface area contributed by atoms with E-state index in [1.165, 1.54) is 17.4 Å². The first kappa shape index (κ1) is 19.1. The van der Waals surface area contributed by atoms with Gasteiger partial charge in [0.05, 0.1) is 17.5 Å². The van der Waals surface area contributed by atoms with Crippen molar-refractivity contribution in [3.05, 3.63) is 55.4 Å². The molecule has 9 heteroatoms. The van der Waals surface area contributed by atoms with Crippen LogP contribution in [-0.2, 0) is 11.2 Å². The number of aromatic hydroxyl groups is 1. The van der Waals surface area contributed by atoms with Crippen LogP contribution < -0.4 is 11.0 Å². The highest BCUT2D eigenvalue weighted by Gasteiger charge is 2.14. The Hall–Kier alpha value is -2.71. The third kappa shape index (κ3) is 4.01. The van der Waals surface area contributed by atoms with Gasteiger partial charge >= 0.3 is 0 Å². The number of halogens is 1. The molecule has 1 aromatic carbocycles. The molecule has 2 aromatic heterocycles. The molecule has 0 aliphatic rings. The number of phenols is 1. The Bertz CT molecular complexity index is 1130. The number of fused-ring (bicyclic) bond motifs is 1. The number of carbonyl (C=O) groups excluding carboxylic acids is 1. The summed E-state index contributed by atoms with van der Waals surface area (Å²) < 4.78 is 0. The Morgan fingerprint density at radius 3 is 2.89 bits per heavy atom. The molecule has 0 bridgehead atoms. The van der Waals surface area contributed by atoms with Gasteiger partial charge in [-0.15, -0.1) is 11.3 Å². The molecule has 1 amide bonds. The number of hydrazone groups is 1. The lowest BCUT2D eigenvalue weighted by Crippen LogP contribution is -2.24. The fourth-order valence-electron chi connectivity index (χ4n) is 2.58. The van der Waals surface area contributed by atoms with Crippen LogP contribution in [0.3, 0.4) is 0 Å². The van der Waals surface area contributed by atoms with E-state index in [1.54, 1.807) is 19.1 Å². The number of thiophene rings is 1. The van der Waals surface area contributed by atoms with Gasteiger partial charge < -0.3 is 10.1 Å². The first-order chi connectivity index (χ1) is 12.8. The number of amides is 1. The van der Waals surface area contributed by atoms with E-state index in [-0.39, 0.29) is 23.6 Å². The molecule has 0 fully saturated rings. The Morgan fingerprint density at radius 2 is 2.15 bits per heavy atom. The lowest BCUT2D eigenvalue weighted by Gasteiger charge is -2.05. The zero-order valence-corrected chi connectivity index (χ0v) is 16.5. The number of nitrogens with zero attached hydrogens (tertiary/aromatic N) is 2. The van der Waals surface area contributed by atoms with Gasteiger partial charge in [0.1, 0.15) is 16.4 Å². The van der Waals surface area contributed by atoms with Crippen LogP contribution in [-0.4, -0.2) is 26.7 Å². The minimum absolute atomic E-state index is 0.00906. The molecule has 7 nitrogen and oxygen atoms in total. The van der Waals surface area contributed by atoms with Gasteiger partial charge in [0, 0.05) is 15.5 Å². The van der Waals surface area contributed by atoms with E-state index in [9.17, 15) is 14.7 Å². The van der Waals surface area contributed by atoms with Crippen LogP contribution in [0.2, 0.25) is 5.02 Å². The summed E-state index contributed by atoms with van der Waals surface area (Å²) in [6.45, 7) is 5.44. The maximum absolute atomic E-state index is 12.2. The van der Waals surface area contributed by atoms with Crippen molar-refractivity contribution in [3.8, 4) is 5.75 Å². The summed E-state index contributed by atoms with van der Waals surface area (Å²) in [4.78, 5) is 33.0. The summed E-state index contributed by atoms with van der Waals surface area (Å²) in [5.74, 6) is -0.164. The van der Waals surface area contributed by atoms with Crippen LogP contribution in [0.1, 0.15) is 28.8 Å². The van der Waals surface area contributed by atoms with E-state index in [0.29, 0.717) is 26.5 Å². The predicted molar refractivity (Wildman–Crippen MR) is 107 cm³/mol. The summed E-state index contributed by atoms with van der Waals surface area (Å²) in [5.41, 5.74) is 3.85. The summed E-state index contributed by atoms with van der Waals surface area (Å²) in [6.07, 6.45) is -0.126. The van der Waals surface area contributed by atoms with Gasteiger partial charge in [-0.2, -0.15) is 5.10 Å². The van der Waals surface area contributed by atoms with Gasteiger partial charge in [-0.05, 0) is 44.5 Å². The molecular weight excluding hydrogens is 388 g/mol. The summed E-state index contributed by atoms with van der Waals surface area (Å²) in [5, 5.41) is 14.8. The average molecular weight is 405 g/mol. The average Bonchev–Trinajstić information content (AvgIpc) is 2.89. The third-order valence-electron chi connectivity index (χ3n) is 4.11. The molecule has 0 aliphatic carbocycles. The molecule has 0 radical (unpaired) electrons. The molecule has 2 heterocycles. The molecule has 0 aliphatic heterocycles. The first-order valence-electron chi connectivity index (χ1n) is 8.07. The fourth-order valence-corrected chi connectivity index (χ4v) is 3.80. The molecule has 0 unspecified atom stereocenters. The topological polar surface area (TPSA) is 107 Å². The number of hydrogen-bond acceptors (Lipinski definition) is 6. The molecule has 0 saturated carbocycles. The molecule has 3 rings (SSSR count). The fraction of sp³-hybridized carbons (Fsp3) is 0.222. The summed E-state index contributed by atoms with van der Waals surface area (Å²) >= 11 is 7.33. The molecule has 3 N–H and O–H groups in total. The second-order valence-corrected chi connectivity index (χ2v) is 7.69. The standard InChI is InChI=1S/C18H17ClN4O3S/c1-8-10(3)27-18-16(8)17(26)20-14(21-18)7-15(25)23-22-9(2)12-6-11(19)4-5-13(12)24/h4-6,24H,7H2,1-3H3,(H,23,25)(H,20,21,26)/b22-9+. The Balaban J connectivity index is 1.77. The minimum Gasteiger partial charge on any atom is -0.507 e. The highest BCUT2D eigenvalue weighted by Crippen LogP contribution is 2.25. The van der Waals surface area contributed by atoms with E-state index in [4.69, 9.17) is 11.6 Å². The molecule has 0 saturated heterocycles. The van der Waals surface area contributed by atoms with E-state index < -0.39 is 5.91 Å². The lowest BCUT2D eigenvalue weighted by molar-refractivity contribution is -0.120. The number of aromatic nitrogens is 2. The van der Waals surface area contributed by atoms with Crippen molar-refractivity contribution in [1.29, 1.82) is 0 Å². The van der Waals surface area contributed by atoms with Crippen molar-refractivity contribution in [2.75, 3.05) is 0 Å². The van der Waals surface area contributed by atoms with Crippen molar-refractivity contribution in [2.45, 2.75) is 27.2 Å². The van der Waals surface area contributed by atoms with Crippen LogP contribution >= 0.6 is 22.9 Å².